The van der Waals surface area contributed by atoms with E-state index >= 15 is 0 Å². The monoisotopic (exact) mass is 275 g/mol. The molecule has 1 fully saturated rings. The van der Waals surface area contributed by atoms with Crippen molar-refractivity contribution in [1.29, 1.82) is 0 Å². The third-order valence-electron chi connectivity index (χ3n) is 4.42. The van der Waals surface area contributed by atoms with Crippen molar-refractivity contribution in [2.24, 2.45) is 0 Å². The number of allylic oxidation sites excluding steroid dienone is 1. The number of aromatic nitrogens is 2. The van der Waals surface area contributed by atoms with Gasteiger partial charge in [-0.15, -0.1) is 0 Å². The minimum Gasteiger partial charge on any atom is -0.497 e. The predicted octanol–water partition coefficient (Wildman–Crippen LogP) is 2.78. The largest absolute Gasteiger partial charge is 0.497 e. The van der Waals surface area contributed by atoms with Gasteiger partial charge in [-0.05, 0) is 38.3 Å². The lowest BCUT2D eigenvalue weighted by Crippen LogP contribution is -2.41. The normalized spacial score (nSPS) is 27.4. The summed E-state index contributed by atoms with van der Waals surface area (Å²) in [6.45, 7) is 5.59. The maximum Gasteiger partial charge on any atom is 0.111 e. The molecule has 1 aromatic rings. The van der Waals surface area contributed by atoms with Crippen molar-refractivity contribution in [3.8, 4) is 0 Å². The van der Waals surface area contributed by atoms with Crippen molar-refractivity contribution in [3.05, 3.63) is 30.6 Å². The highest BCUT2D eigenvalue weighted by molar-refractivity contribution is 4.97. The molecule has 20 heavy (non-hydrogen) atoms. The summed E-state index contributed by atoms with van der Waals surface area (Å²) < 4.78 is 8.09. The molecule has 0 saturated carbocycles. The van der Waals surface area contributed by atoms with Crippen LogP contribution < -0.4 is 0 Å². The van der Waals surface area contributed by atoms with Crippen LogP contribution in [0.4, 0.5) is 0 Å². The Kier molecular flexibility index (Phi) is 4.41. The van der Waals surface area contributed by atoms with Crippen molar-refractivity contribution in [2.45, 2.75) is 51.2 Å². The fourth-order valence-electron chi connectivity index (χ4n) is 3.38. The van der Waals surface area contributed by atoms with Crippen LogP contribution in [0.3, 0.4) is 0 Å². The first-order valence-electron chi connectivity index (χ1n) is 7.91. The molecular formula is C16H25N3O. The van der Waals surface area contributed by atoms with Crippen LogP contribution in [0, 0.1) is 0 Å². The van der Waals surface area contributed by atoms with Gasteiger partial charge in [-0.2, -0.15) is 0 Å². The molecule has 3 rings (SSSR count). The van der Waals surface area contributed by atoms with Crippen LogP contribution >= 0.6 is 0 Å². The maximum atomic E-state index is 5.71. The molecule has 0 aromatic carbocycles. The Hall–Kier alpha value is -1.29. The minimum absolute atomic E-state index is 0.382. The predicted molar refractivity (Wildman–Crippen MR) is 79.6 cm³/mol. The Bertz CT molecular complexity index is 454. The number of ether oxygens (including phenoxy) is 1. The van der Waals surface area contributed by atoms with Gasteiger partial charge in [0.1, 0.15) is 11.9 Å². The first-order valence-corrected chi connectivity index (χ1v) is 7.91. The molecule has 0 spiro atoms. The van der Waals surface area contributed by atoms with E-state index in [1.807, 2.05) is 12.5 Å². The van der Waals surface area contributed by atoms with Gasteiger partial charge in [0.2, 0.25) is 0 Å². The van der Waals surface area contributed by atoms with Crippen LogP contribution in [0.1, 0.15) is 44.5 Å². The van der Waals surface area contributed by atoms with Gasteiger partial charge in [0, 0.05) is 37.9 Å². The first kappa shape index (κ1) is 13.7. The molecule has 2 unspecified atom stereocenters. The average molecular weight is 275 g/mol. The summed E-state index contributed by atoms with van der Waals surface area (Å²) in [5.74, 6) is 1.22. The summed E-state index contributed by atoms with van der Waals surface area (Å²) in [4.78, 5) is 7.03. The molecule has 2 aliphatic rings. The zero-order valence-electron chi connectivity index (χ0n) is 12.4. The van der Waals surface area contributed by atoms with E-state index < -0.39 is 0 Å². The Balaban J connectivity index is 1.60. The molecule has 1 aromatic heterocycles. The molecule has 4 heteroatoms. The van der Waals surface area contributed by atoms with Crippen LogP contribution in [-0.4, -0.2) is 40.2 Å². The van der Waals surface area contributed by atoms with Gasteiger partial charge in [-0.25, -0.2) is 4.98 Å². The lowest BCUT2D eigenvalue weighted by Gasteiger charge is -2.36. The number of piperidine rings is 1. The van der Waals surface area contributed by atoms with Crippen LogP contribution in [0.25, 0.3) is 0 Å². The Morgan fingerprint density at radius 3 is 3.15 bits per heavy atom. The third kappa shape index (κ3) is 3.06. The summed E-state index contributed by atoms with van der Waals surface area (Å²) in [5.41, 5.74) is 0. The van der Waals surface area contributed by atoms with Crippen molar-refractivity contribution in [3.63, 3.8) is 0 Å². The van der Waals surface area contributed by atoms with Crippen LogP contribution in [-0.2, 0) is 11.2 Å². The molecule has 2 atom stereocenters. The summed E-state index contributed by atoms with van der Waals surface area (Å²) in [6.07, 6.45) is 14.3. The first-order chi connectivity index (χ1) is 9.86. The van der Waals surface area contributed by atoms with E-state index in [9.17, 15) is 0 Å². The van der Waals surface area contributed by atoms with Gasteiger partial charge < -0.3 is 9.30 Å². The molecule has 110 valence electrons. The molecule has 2 aliphatic heterocycles. The van der Waals surface area contributed by atoms with Gasteiger partial charge in [0.15, 0.2) is 0 Å². The van der Waals surface area contributed by atoms with E-state index in [4.69, 9.17) is 4.74 Å². The van der Waals surface area contributed by atoms with Gasteiger partial charge in [0.25, 0.3) is 0 Å². The number of hydrogen-bond donors (Lipinski definition) is 0. The van der Waals surface area contributed by atoms with Crippen LogP contribution in [0.15, 0.2) is 24.7 Å². The molecule has 0 bridgehead atoms. The van der Waals surface area contributed by atoms with Crippen molar-refractivity contribution in [1.82, 2.24) is 14.5 Å². The summed E-state index contributed by atoms with van der Waals surface area (Å²) in [5, 5.41) is 0. The molecule has 3 heterocycles. The standard InChI is InChI=1S/C16H25N3O/c1-2-16-17-8-10-19(16)14-6-5-9-18(12-14)13-15-7-3-4-11-20-15/h4,8,10-11,14-15H,2-3,5-7,9,12-13H2,1H3. The lowest BCUT2D eigenvalue weighted by molar-refractivity contribution is 0.0610. The topological polar surface area (TPSA) is 30.3 Å². The van der Waals surface area contributed by atoms with Crippen molar-refractivity contribution < 1.29 is 4.74 Å². The second kappa shape index (κ2) is 6.44. The highest BCUT2D eigenvalue weighted by Gasteiger charge is 2.25. The van der Waals surface area contributed by atoms with Crippen molar-refractivity contribution >= 4 is 0 Å². The Morgan fingerprint density at radius 2 is 2.35 bits per heavy atom. The maximum absolute atomic E-state index is 5.71. The van der Waals surface area contributed by atoms with E-state index in [1.165, 1.54) is 25.2 Å². The Morgan fingerprint density at radius 1 is 1.40 bits per heavy atom. The second-order valence-electron chi connectivity index (χ2n) is 5.87. The van der Waals surface area contributed by atoms with Crippen LogP contribution in [0.5, 0.6) is 0 Å². The van der Waals surface area contributed by atoms with Gasteiger partial charge in [-0.1, -0.05) is 6.92 Å². The Labute approximate surface area is 121 Å². The third-order valence-corrected chi connectivity index (χ3v) is 4.42. The van der Waals surface area contributed by atoms with Gasteiger partial charge in [-0.3, -0.25) is 4.90 Å². The van der Waals surface area contributed by atoms with E-state index in [0.717, 1.165) is 32.4 Å². The molecule has 0 amide bonds. The summed E-state index contributed by atoms with van der Waals surface area (Å²) >= 11 is 0. The van der Waals surface area contributed by atoms with E-state index in [2.05, 4.69) is 33.6 Å². The lowest BCUT2D eigenvalue weighted by atomic mass is 10.0. The number of imidazole rings is 1. The molecule has 0 N–H and O–H groups in total. The second-order valence-corrected chi connectivity index (χ2v) is 5.87. The minimum atomic E-state index is 0.382. The summed E-state index contributed by atoms with van der Waals surface area (Å²) in [7, 11) is 0. The zero-order chi connectivity index (χ0) is 13.8. The van der Waals surface area contributed by atoms with Gasteiger partial charge in [0.05, 0.1) is 6.26 Å². The molecular weight excluding hydrogens is 250 g/mol. The van der Waals surface area contributed by atoms with Gasteiger partial charge >= 0.3 is 0 Å². The van der Waals surface area contributed by atoms with E-state index in [-0.39, 0.29) is 0 Å². The number of rotatable bonds is 4. The molecule has 0 aliphatic carbocycles. The van der Waals surface area contributed by atoms with Crippen molar-refractivity contribution in [2.75, 3.05) is 19.6 Å². The average Bonchev–Trinajstić information content (AvgIpc) is 2.97. The number of hydrogen-bond acceptors (Lipinski definition) is 3. The highest BCUT2D eigenvalue weighted by Crippen LogP contribution is 2.24. The summed E-state index contributed by atoms with van der Waals surface area (Å²) in [6, 6.07) is 0.584. The van der Waals surface area contributed by atoms with E-state index in [0.29, 0.717) is 12.1 Å². The highest BCUT2D eigenvalue weighted by atomic mass is 16.5. The van der Waals surface area contributed by atoms with E-state index in [1.54, 1.807) is 0 Å². The fourth-order valence-corrected chi connectivity index (χ4v) is 3.38. The smallest absolute Gasteiger partial charge is 0.111 e. The zero-order valence-corrected chi connectivity index (χ0v) is 12.4. The SMILES string of the molecule is CCc1nccn1C1CCCN(CC2CCC=CO2)C1. The number of nitrogens with zero attached hydrogens (tertiary/aromatic N) is 3. The molecule has 4 nitrogen and oxygen atoms in total. The van der Waals surface area contributed by atoms with Crippen LogP contribution in [0.2, 0.25) is 0 Å². The molecule has 1 saturated heterocycles. The number of aryl methyl sites for hydroxylation is 1. The fraction of sp³-hybridized carbons (Fsp3) is 0.688. The quantitative estimate of drug-likeness (QED) is 0.846. The molecule has 0 radical (unpaired) electrons. The number of likely N-dealkylation sites (tertiary alicyclic amines) is 1.